The molecule has 0 heterocycles. The standard InChI is InChI=1S/C6H13NO3/c1-4(2)6(5(3)8)7(9)10/h4-6,8H,1-3H3. The van der Waals surface area contributed by atoms with E-state index in [1.165, 1.54) is 6.92 Å². The molecule has 0 saturated carbocycles. The van der Waals surface area contributed by atoms with E-state index in [-0.39, 0.29) is 5.92 Å². The fourth-order valence-corrected chi connectivity index (χ4v) is 0.977. The van der Waals surface area contributed by atoms with Crippen LogP contribution in [0.25, 0.3) is 0 Å². The van der Waals surface area contributed by atoms with Crippen molar-refractivity contribution in [3.05, 3.63) is 10.1 Å². The van der Waals surface area contributed by atoms with Crippen LogP contribution < -0.4 is 0 Å². The van der Waals surface area contributed by atoms with Gasteiger partial charge in [-0.3, -0.25) is 10.1 Å². The minimum absolute atomic E-state index is 0.116. The van der Waals surface area contributed by atoms with E-state index >= 15 is 0 Å². The molecule has 1 N–H and O–H groups in total. The van der Waals surface area contributed by atoms with E-state index in [1.807, 2.05) is 0 Å². The summed E-state index contributed by atoms with van der Waals surface area (Å²) < 4.78 is 0. The molecule has 0 aromatic heterocycles. The Morgan fingerprint density at radius 1 is 1.40 bits per heavy atom. The molecule has 0 aliphatic heterocycles. The second-order valence-corrected chi connectivity index (χ2v) is 2.76. The second-order valence-electron chi connectivity index (χ2n) is 2.76. The normalized spacial score (nSPS) is 16.9. The van der Waals surface area contributed by atoms with Crippen molar-refractivity contribution in [1.29, 1.82) is 0 Å². The summed E-state index contributed by atoms with van der Waals surface area (Å²) >= 11 is 0. The molecule has 0 bridgehead atoms. The molecule has 0 rings (SSSR count). The average Bonchev–Trinajstić information content (AvgIpc) is 1.59. The highest BCUT2D eigenvalue weighted by molar-refractivity contribution is 4.66. The molecule has 4 heteroatoms. The van der Waals surface area contributed by atoms with Gasteiger partial charge in [0.2, 0.25) is 6.04 Å². The molecule has 60 valence electrons. The van der Waals surface area contributed by atoms with Crippen molar-refractivity contribution in [3.63, 3.8) is 0 Å². The molecule has 0 spiro atoms. The molecular formula is C6H13NO3. The summed E-state index contributed by atoms with van der Waals surface area (Å²) in [7, 11) is 0. The molecule has 0 saturated heterocycles. The van der Waals surface area contributed by atoms with Crippen molar-refractivity contribution in [2.75, 3.05) is 0 Å². The summed E-state index contributed by atoms with van der Waals surface area (Å²) in [4.78, 5) is 9.79. The molecular weight excluding hydrogens is 134 g/mol. The van der Waals surface area contributed by atoms with Crippen LogP contribution in [0.1, 0.15) is 20.8 Å². The Kier molecular flexibility index (Phi) is 3.28. The summed E-state index contributed by atoms with van der Waals surface area (Å²) in [5.74, 6) is -0.116. The van der Waals surface area contributed by atoms with Crippen LogP contribution >= 0.6 is 0 Å². The van der Waals surface area contributed by atoms with Crippen LogP contribution in [-0.2, 0) is 0 Å². The van der Waals surface area contributed by atoms with E-state index in [2.05, 4.69) is 0 Å². The molecule has 0 aliphatic rings. The summed E-state index contributed by atoms with van der Waals surface area (Å²) in [6.45, 7) is 4.88. The number of rotatable bonds is 3. The van der Waals surface area contributed by atoms with E-state index < -0.39 is 17.1 Å². The first-order valence-electron chi connectivity index (χ1n) is 3.28. The molecule has 0 aliphatic carbocycles. The number of hydrogen-bond donors (Lipinski definition) is 1. The van der Waals surface area contributed by atoms with Gasteiger partial charge in [0.25, 0.3) is 0 Å². The van der Waals surface area contributed by atoms with Crippen molar-refractivity contribution in [1.82, 2.24) is 0 Å². The SMILES string of the molecule is CC(C)C(C(C)O)[N+](=O)[O-]. The topological polar surface area (TPSA) is 63.4 Å². The quantitative estimate of drug-likeness (QED) is 0.471. The minimum atomic E-state index is -0.866. The molecule has 0 aromatic carbocycles. The van der Waals surface area contributed by atoms with E-state index in [1.54, 1.807) is 13.8 Å². The summed E-state index contributed by atoms with van der Waals surface area (Å²) in [6.07, 6.45) is -0.866. The van der Waals surface area contributed by atoms with Gasteiger partial charge < -0.3 is 5.11 Å². The van der Waals surface area contributed by atoms with Crippen molar-refractivity contribution in [2.24, 2.45) is 5.92 Å². The highest BCUT2D eigenvalue weighted by Crippen LogP contribution is 2.09. The van der Waals surface area contributed by atoms with Gasteiger partial charge in [-0.25, -0.2) is 0 Å². The number of aliphatic hydroxyl groups is 1. The molecule has 0 fully saturated rings. The number of hydrogen-bond acceptors (Lipinski definition) is 3. The maximum absolute atomic E-state index is 10.2. The van der Waals surface area contributed by atoms with E-state index in [0.717, 1.165) is 0 Å². The first-order chi connectivity index (χ1) is 4.46. The van der Waals surface area contributed by atoms with Gasteiger partial charge in [0, 0.05) is 10.8 Å². The number of nitrogens with zero attached hydrogens (tertiary/aromatic N) is 1. The molecule has 4 nitrogen and oxygen atoms in total. The van der Waals surface area contributed by atoms with Gasteiger partial charge in [0.1, 0.15) is 6.10 Å². The predicted molar refractivity (Wildman–Crippen MR) is 37.3 cm³/mol. The zero-order valence-electron chi connectivity index (χ0n) is 6.44. The fraction of sp³-hybridized carbons (Fsp3) is 1.00. The molecule has 10 heavy (non-hydrogen) atoms. The lowest BCUT2D eigenvalue weighted by Gasteiger charge is -2.14. The molecule has 2 unspecified atom stereocenters. The van der Waals surface area contributed by atoms with Crippen LogP contribution in [0, 0.1) is 16.0 Å². The maximum Gasteiger partial charge on any atom is 0.240 e. The average molecular weight is 147 g/mol. The van der Waals surface area contributed by atoms with Crippen LogP contribution in [0.4, 0.5) is 0 Å². The van der Waals surface area contributed by atoms with Gasteiger partial charge >= 0.3 is 0 Å². The second kappa shape index (κ2) is 3.51. The van der Waals surface area contributed by atoms with Gasteiger partial charge in [-0.05, 0) is 6.92 Å². The first-order valence-corrected chi connectivity index (χ1v) is 3.28. The lowest BCUT2D eigenvalue weighted by Crippen LogP contribution is -2.36. The van der Waals surface area contributed by atoms with Crippen LogP contribution in [-0.4, -0.2) is 22.2 Å². The Morgan fingerprint density at radius 2 is 1.80 bits per heavy atom. The summed E-state index contributed by atoms with van der Waals surface area (Å²) in [5.41, 5.74) is 0. The van der Waals surface area contributed by atoms with Gasteiger partial charge in [0.05, 0.1) is 0 Å². The van der Waals surface area contributed by atoms with Crippen molar-refractivity contribution in [2.45, 2.75) is 32.9 Å². The lowest BCUT2D eigenvalue weighted by atomic mass is 10.0. The zero-order valence-corrected chi connectivity index (χ0v) is 6.44. The van der Waals surface area contributed by atoms with Crippen LogP contribution in [0.15, 0.2) is 0 Å². The Balaban J connectivity index is 4.12. The van der Waals surface area contributed by atoms with Crippen LogP contribution in [0.3, 0.4) is 0 Å². The fourth-order valence-electron chi connectivity index (χ4n) is 0.977. The third-order valence-electron chi connectivity index (χ3n) is 1.42. The Hall–Kier alpha value is -0.640. The highest BCUT2D eigenvalue weighted by atomic mass is 16.6. The molecule has 0 aromatic rings. The number of aliphatic hydroxyl groups excluding tert-OH is 1. The molecule has 2 atom stereocenters. The molecule has 0 amide bonds. The minimum Gasteiger partial charge on any atom is -0.386 e. The van der Waals surface area contributed by atoms with E-state index in [0.29, 0.717) is 0 Å². The summed E-state index contributed by atoms with van der Waals surface area (Å²) in [6, 6.07) is -0.833. The predicted octanol–water partition coefficient (Wildman–Crippen LogP) is 0.668. The van der Waals surface area contributed by atoms with Crippen LogP contribution in [0.2, 0.25) is 0 Å². The van der Waals surface area contributed by atoms with Crippen molar-refractivity contribution >= 4 is 0 Å². The van der Waals surface area contributed by atoms with Crippen molar-refractivity contribution < 1.29 is 10.0 Å². The van der Waals surface area contributed by atoms with Gasteiger partial charge in [0.15, 0.2) is 0 Å². The Morgan fingerprint density at radius 3 is 1.80 bits per heavy atom. The number of nitro groups is 1. The van der Waals surface area contributed by atoms with Gasteiger partial charge in [-0.1, -0.05) is 13.8 Å². The third kappa shape index (κ3) is 2.31. The van der Waals surface area contributed by atoms with Gasteiger partial charge in [-0.2, -0.15) is 0 Å². The summed E-state index contributed by atoms with van der Waals surface area (Å²) in [5, 5.41) is 19.1. The smallest absolute Gasteiger partial charge is 0.240 e. The van der Waals surface area contributed by atoms with Crippen molar-refractivity contribution in [3.8, 4) is 0 Å². The van der Waals surface area contributed by atoms with Crippen LogP contribution in [0.5, 0.6) is 0 Å². The van der Waals surface area contributed by atoms with Gasteiger partial charge in [-0.15, -0.1) is 0 Å². The van der Waals surface area contributed by atoms with E-state index in [9.17, 15) is 10.1 Å². The largest absolute Gasteiger partial charge is 0.386 e. The Labute approximate surface area is 60.0 Å². The first kappa shape index (κ1) is 9.36. The zero-order chi connectivity index (χ0) is 8.31. The maximum atomic E-state index is 10.2. The highest BCUT2D eigenvalue weighted by Gasteiger charge is 2.29. The Bertz CT molecular complexity index is 114. The molecule has 0 radical (unpaired) electrons. The third-order valence-corrected chi connectivity index (χ3v) is 1.42. The lowest BCUT2D eigenvalue weighted by molar-refractivity contribution is -0.541. The monoisotopic (exact) mass is 147 g/mol. The van der Waals surface area contributed by atoms with E-state index in [4.69, 9.17) is 5.11 Å².